The minimum absolute atomic E-state index is 0.0844. The van der Waals surface area contributed by atoms with E-state index < -0.39 is 12.1 Å². The van der Waals surface area contributed by atoms with E-state index >= 15 is 0 Å². The van der Waals surface area contributed by atoms with Crippen LogP contribution in [0, 0.1) is 0 Å². The minimum atomic E-state index is -0.597. The van der Waals surface area contributed by atoms with E-state index in [2.05, 4.69) is 4.90 Å². The predicted octanol–water partition coefficient (Wildman–Crippen LogP) is 4.14. The summed E-state index contributed by atoms with van der Waals surface area (Å²) in [6.45, 7) is 0.811. The van der Waals surface area contributed by atoms with Gasteiger partial charge in [-0.05, 0) is 37.2 Å². The Labute approximate surface area is 202 Å². The number of likely N-dealkylation sites (N-methyl/N-ethyl adjacent to an activating group) is 1. The first kappa shape index (κ1) is 21.7. The normalized spacial score (nSPS) is 20.3. The molecule has 0 saturated carbocycles. The van der Waals surface area contributed by atoms with Gasteiger partial charge in [-0.2, -0.15) is 0 Å². The number of methoxy groups -OCH3 is 3. The van der Waals surface area contributed by atoms with Crippen molar-refractivity contribution in [2.75, 3.05) is 41.7 Å². The van der Waals surface area contributed by atoms with Crippen LogP contribution in [0.4, 0.5) is 0 Å². The van der Waals surface area contributed by atoms with Crippen LogP contribution in [-0.4, -0.2) is 52.6 Å². The Hall–Kier alpha value is -3.85. The van der Waals surface area contributed by atoms with Crippen molar-refractivity contribution in [1.29, 1.82) is 0 Å². The smallest absolute Gasteiger partial charge is 0.343 e. The molecular formula is C26H25NO8. The van der Waals surface area contributed by atoms with Crippen molar-refractivity contribution in [3.63, 3.8) is 0 Å². The number of carbonyl (C=O) groups is 1. The maximum absolute atomic E-state index is 13.1. The van der Waals surface area contributed by atoms with Crippen molar-refractivity contribution in [3.05, 3.63) is 52.8 Å². The molecule has 0 saturated heterocycles. The number of rotatable bonds is 5. The highest BCUT2D eigenvalue weighted by Gasteiger charge is 2.47. The van der Waals surface area contributed by atoms with Crippen LogP contribution in [0.3, 0.4) is 0 Å². The van der Waals surface area contributed by atoms with Gasteiger partial charge < -0.3 is 32.8 Å². The van der Waals surface area contributed by atoms with Gasteiger partial charge in [0, 0.05) is 17.7 Å². The van der Waals surface area contributed by atoms with Gasteiger partial charge >= 0.3 is 5.97 Å². The molecule has 3 aromatic rings. The molecule has 3 aliphatic rings. The van der Waals surface area contributed by atoms with E-state index in [1.165, 1.54) is 14.2 Å². The van der Waals surface area contributed by atoms with E-state index in [1.54, 1.807) is 19.4 Å². The van der Waals surface area contributed by atoms with E-state index in [0.717, 1.165) is 35.2 Å². The van der Waals surface area contributed by atoms with Gasteiger partial charge in [-0.25, -0.2) is 4.79 Å². The topological polar surface area (TPSA) is 88.8 Å². The summed E-state index contributed by atoms with van der Waals surface area (Å²) in [6, 6.07) is 7.05. The molecule has 1 aromatic heterocycles. The molecule has 9 heteroatoms. The first-order chi connectivity index (χ1) is 17.1. The lowest BCUT2D eigenvalue weighted by molar-refractivity contribution is 0.00877. The van der Waals surface area contributed by atoms with Crippen LogP contribution in [-0.2, 0) is 11.2 Å². The molecule has 2 atom stereocenters. The third-order valence-corrected chi connectivity index (χ3v) is 6.98. The average Bonchev–Trinajstić information content (AvgIpc) is 3.63. The predicted molar refractivity (Wildman–Crippen MR) is 124 cm³/mol. The van der Waals surface area contributed by atoms with E-state index in [0.29, 0.717) is 40.1 Å². The van der Waals surface area contributed by atoms with Gasteiger partial charge in [0.25, 0.3) is 0 Å². The highest BCUT2D eigenvalue weighted by atomic mass is 16.7. The fourth-order valence-electron chi connectivity index (χ4n) is 5.51. The summed E-state index contributed by atoms with van der Waals surface area (Å²) in [5, 5.41) is 0. The van der Waals surface area contributed by atoms with Crippen molar-refractivity contribution in [3.8, 4) is 40.1 Å². The average molecular weight is 479 g/mol. The lowest BCUT2D eigenvalue weighted by Crippen LogP contribution is -2.36. The second-order valence-electron chi connectivity index (χ2n) is 8.61. The zero-order chi connectivity index (χ0) is 24.3. The highest BCUT2D eigenvalue weighted by molar-refractivity contribution is 5.98. The highest BCUT2D eigenvalue weighted by Crippen LogP contribution is 2.58. The molecular weight excluding hydrogens is 454 g/mol. The number of fused-ring (bicyclic) bond motifs is 3. The van der Waals surface area contributed by atoms with Crippen LogP contribution < -0.4 is 23.7 Å². The van der Waals surface area contributed by atoms with Gasteiger partial charge in [-0.15, -0.1) is 0 Å². The summed E-state index contributed by atoms with van der Waals surface area (Å²) in [5.74, 6) is 2.78. The van der Waals surface area contributed by atoms with Crippen LogP contribution in [0.1, 0.15) is 39.2 Å². The molecule has 9 nitrogen and oxygen atoms in total. The SMILES string of the molecule is COc1ccc2c(c1OC)C(=O)O[C@@H]2C1c2c(c(-c3ccco3)c3c(c2OC)OCO3)CCN1C. The Morgan fingerprint density at radius 3 is 2.49 bits per heavy atom. The van der Waals surface area contributed by atoms with Gasteiger partial charge in [0.05, 0.1) is 39.2 Å². The number of carbonyl (C=O) groups excluding carboxylic acids is 1. The van der Waals surface area contributed by atoms with Crippen molar-refractivity contribution >= 4 is 5.97 Å². The van der Waals surface area contributed by atoms with Gasteiger partial charge in [-0.3, -0.25) is 4.90 Å². The van der Waals surface area contributed by atoms with Crippen LogP contribution >= 0.6 is 0 Å². The maximum atomic E-state index is 13.1. The lowest BCUT2D eigenvalue weighted by atomic mass is 9.82. The summed E-state index contributed by atoms with van der Waals surface area (Å²) in [5.41, 5.74) is 3.86. The minimum Gasteiger partial charge on any atom is -0.493 e. The van der Waals surface area contributed by atoms with E-state index in [9.17, 15) is 4.79 Å². The fourth-order valence-corrected chi connectivity index (χ4v) is 5.51. The molecule has 0 aliphatic carbocycles. The number of nitrogens with zero attached hydrogens (tertiary/aromatic N) is 1. The van der Waals surface area contributed by atoms with Crippen molar-refractivity contribution in [2.24, 2.45) is 0 Å². The molecule has 4 heterocycles. The molecule has 6 rings (SSSR count). The van der Waals surface area contributed by atoms with Gasteiger partial charge in [0.2, 0.25) is 12.5 Å². The molecule has 182 valence electrons. The second-order valence-corrected chi connectivity index (χ2v) is 8.61. The van der Waals surface area contributed by atoms with Crippen molar-refractivity contribution in [1.82, 2.24) is 4.90 Å². The Kier molecular flexibility index (Phi) is 5.03. The van der Waals surface area contributed by atoms with Crippen LogP contribution in [0.5, 0.6) is 28.7 Å². The molecule has 35 heavy (non-hydrogen) atoms. The number of hydrogen-bond acceptors (Lipinski definition) is 9. The summed E-state index contributed by atoms with van der Waals surface area (Å²) in [4.78, 5) is 15.3. The number of hydrogen-bond donors (Lipinski definition) is 0. The molecule has 0 spiro atoms. The molecule has 0 fully saturated rings. The molecule has 1 unspecified atom stereocenters. The molecule has 0 N–H and O–H groups in total. The fraction of sp³-hybridized carbons (Fsp3) is 0.346. The number of benzene rings is 2. The largest absolute Gasteiger partial charge is 0.493 e. The number of ether oxygens (including phenoxy) is 6. The molecule has 0 bridgehead atoms. The Balaban J connectivity index is 1.59. The Morgan fingerprint density at radius 1 is 0.971 bits per heavy atom. The van der Waals surface area contributed by atoms with Crippen LogP contribution in [0.2, 0.25) is 0 Å². The first-order valence-electron chi connectivity index (χ1n) is 11.3. The third kappa shape index (κ3) is 3.01. The molecule has 3 aliphatic heterocycles. The monoisotopic (exact) mass is 479 g/mol. The van der Waals surface area contributed by atoms with E-state index in [-0.39, 0.29) is 12.8 Å². The second kappa shape index (κ2) is 8.13. The van der Waals surface area contributed by atoms with Crippen molar-refractivity contribution < 1.29 is 37.6 Å². The third-order valence-electron chi connectivity index (χ3n) is 6.98. The maximum Gasteiger partial charge on any atom is 0.343 e. The number of cyclic esters (lactones) is 1. The number of esters is 1. The zero-order valence-electron chi connectivity index (χ0n) is 19.9. The van der Waals surface area contributed by atoms with Gasteiger partial charge in [0.15, 0.2) is 23.0 Å². The molecule has 0 amide bonds. The summed E-state index contributed by atoms with van der Waals surface area (Å²) in [7, 11) is 6.67. The quantitative estimate of drug-likeness (QED) is 0.501. The van der Waals surface area contributed by atoms with Crippen LogP contribution in [0.15, 0.2) is 34.9 Å². The Bertz CT molecular complexity index is 1320. The lowest BCUT2D eigenvalue weighted by Gasteiger charge is -2.39. The van der Waals surface area contributed by atoms with Gasteiger partial charge in [0.1, 0.15) is 17.4 Å². The van der Waals surface area contributed by atoms with Crippen molar-refractivity contribution in [2.45, 2.75) is 18.6 Å². The zero-order valence-corrected chi connectivity index (χ0v) is 19.9. The standard InChI is InChI=1S/C26H25NO8/c1-27-10-9-13-17(15-6-5-11-32-15)24-25(34-12-33-24)23(31-4)18(13)20(27)21-14-7-8-16(29-2)22(30-3)19(14)26(28)35-21/h5-8,11,20-21H,9-10,12H2,1-4H3/t20?,21-/m0/s1. The molecule has 2 aromatic carbocycles. The summed E-state index contributed by atoms with van der Waals surface area (Å²) < 4.78 is 40.4. The van der Waals surface area contributed by atoms with Gasteiger partial charge in [-0.1, -0.05) is 6.07 Å². The van der Waals surface area contributed by atoms with Crippen LogP contribution in [0.25, 0.3) is 11.3 Å². The molecule has 0 radical (unpaired) electrons. The summed E-state index contributed by atoms with van der Waals surface area (Å²) >= 11 is 0. The van der Waals surface area contributed by atoms with E-state index in [4.69, 9.17) is 32.8 Å². The first-order valence-corrected chi connectivity index (χ1v) is 11.3. The summed E-state index contributed by atoms with van der Waals surface area (Å²) in [6.07, 6.45) is 1.76. The Morgan fingerprint density at radius 2 is 1.77 bits per heavy atom. The number of furan rings is 1. The van der Waals surface area contributed by atoms with E-state index in [1.807, 2.05) is 25.2 Å².